The number of hydrogen-bond acceptors (Lipinski definition) is 4. The molecule has 142 valence electrons. The Morgan fingerprint density at radius 3 is 1.73 bits per heavy atom. The predicted octanol–water partition coefficient (Wildman–Crippen LogP) is 2.18. The molecule has 2 aromatic rings. The molecule has 0 saturated carbocycles. The van der Waals surface area contributed by atoms with Crippen LogP contribution in [0, 0.1) is 0 Å². The third kappa shape index (κ3) is 8.41. The molecule has 0 saturated heterocycles. The van der Waals surface area contributed by atoms with Gasteiger partial charge in [-0.1, -0.05) is 0 Å². The Hall–Kier alpha value is -1.26. The van der Waals surface area contributed by atoms with Crippen LogP contribution < -0.4 is 16.7 Å². The van der Waals surface area contributed by atoms with Gasteiger partial charge in [-0.3, -0.25) is 0 Å². The summed E-state index contributed by atoms with van der Waals surface area (Å²) in [6, 6.07) is 16.2. The van der Waals surface area contributed by atoms with E-state index in [1.807, 2.05) is 36.4 Å². The van der Waals surface area contributed by atoms with Gasteiger partial charge in [0.15, 0.2) is 0 Å². The number of benzene rings is 2. The van der Waals surface area contributed by atoms with Crippen molar-refractivity contribution in [2.24, 2.45) is 0 Å². The summed E-state index contributed by atoms with van der Waals surface area (Å²) in [7, 11) is -3.91. The van der Waals surface area contributed by atoms with Gasteiger partial charge in [-0.25, -0.2) is 0 Å². The summed E-state index contributed by atoms with van der Waals surface area (Å²) in [5.74, 6) is 1.34. The number of rotatable bonds is 11. The maximum absolute atomic E-state index is 10.6. The van der Waals surface area contributed by atoms with Gasteiger partial charge in [0.25, 0.3) is 0 Å². The molecule has 0 heterocycles. The van der Waals surface area contributed by atoms with Crippen molar-refractivity contribution in [1.29, 1.82) is 0 Å². The number of unbranched alkanes of at least 4 members (excludes halogenated alkanes) is 1. The van der Waals surface area contributed by atoms with Gasteiger partial charge >= 0.3 is 166 Å². The summed E-state index contributed by atoms with van der Waals surface area (Å²) in [6.07, 6.45) is 2.46. The third-order valence-corrected chi connectivity index (χ3v) is 7.17. The molecule has 0 spiro atoms. The van der Waals surface area contributed by atoms with Crippen molar-refractivity contribution in [2.75, 3.05) is 19.0 Å². The van der Waals surface area contributed by atoms with Gasteiger partial charge < -0.3 is 0 Å². The monoisotopic (exact) mass is 494 g/mol. The van der Waals surface area contributed by atoms with E-state index >= 15 is 0 Å². The molecule has 2 rings (SSSR count). The van der Waals surface area contributed by atoms with Crippen LogP contribution in [0.5, 0.6) is 11.5 Å². The molecule has 0 aliphatic rings. The van der Waals surface area contributed by atoms with Gasteiger partial charge in [-0.15, -0.1) is 0 Å². The van der Waals surface area contributed by atoms with Gasteiger partial charge in [0.2, 0.25) is 0 Å². The minimum atomic E-state index is -3.91. The fourth-order valence-corrected chi connectivity index (χ4v) is 4.92. The van der Waals surface area contributed by atoms with Crippen molar-refractivity contribution < 1.29 is 22.4 Å². The van der Waals surface area contributed by atoms with Crippen LogP contribution in [0.3, 0.4) is 0 Å². The van der Waals surface area contributed by atoms with Gasteiger partial charge in [0, 0.05) is 0 Å². The second kappa shape index (κ2) is 10.8. The van der Waals surface area contributed by atoms with Gasteiger partial charge in [0.05, 0.1) is 0 Å². The van der Waals surface area contributed by atoms with Crippen LogP contribution in [0.15, 0.2) is 48.5 Å². The third-order valence-electron chi connectivity index (χ3n) is 3.47. The molecule has 0 unspecified atom stereocenters. The molecule has 26 heavy (non-hydrogen) atoms. The summed E-state index contributed by atoms with van der Waals surface area (Å²) in [5.41, 5.74) is 0. The zero-order valence-electron chi connectivity index (χ0n) is 14.8. The van der Waals surface area contributed by atoms with Crippen molar-refractivity contribution in [1.82, 2.24) is 0 Å². The number of ether oxygens (including phenoxy) is 2. The normalized spacial score (nSPS) is 11.3. The summed E-state index contributed by atoms with van der Waals surface area (Å²) < 4.78 is 43.8. The fourth-order valence-electron chi connectivity index (χ4n) is 2.11. The minimum absolute atomic E-state index is 0.259. The molecule has 7 heteroatoms. The summed E-state index contributed by atoms with van der Waals surface area (Å²) >= 11 is -0.467. The molecule has 1 N–H and O–H groups in total. The first kappa shape index (κ1) is 21.0. The Balaban J connectivity index is 1.79. The van der Waals surface area contributed by atoms with Crippen LogP contribution in [-0.2, 0) is 10.1 Å². The summed E-state index contributed by atoms with van der Waals surface area (Å²) in [6.45, 7) is 3.17. The van der Waals surface area contributed by atoms with E-state index in [1.54, 1.807) is 0 Å². The molecule has 0 radical (unpaired) electrons. The Labute approximate surface area is 165 Å². The van der Waals surface area contributed by atoms with Gasteiger partial charge in [-0.2, -0.15) is 0 Å². The van der Waals surface area contributed by atoms with E-state index in [0.29, 0.717) is 5.75 Å². The van der Waals surface area contributed by atoms with Crippen LogP contribution in [-0.4, -0.2) is 52.9 Å². The Morgan fingerprint density at radius 1 is 0.846 bits per heavy atom. The van der Waals surface area contributed by atoms with Crippen LogP contribution in [0.1, 0.15) is 26.2 Å². The van der Waals surface area contributed by atoms with Crippen molar-refractivity contribution in [2.45, 2.75) is 26.2 Å². The van der Waals surface area contributed by atoms with E-state index in [2.05, 4.69) is 19.1 Å². The molecule has 0 aliphatic carbocycles. The van der Waals surface area contributed by atoms with E-state index in [1.165, 1.54) is 7.22 Å². The Bertz CT molecular complexity index is 758. The van der Waals surface area contributed by atoms with Crippen molar-refractivity contribution in [3.63, 3.8) is 0 Å². The van der Waals surface area contributed by atoms with Gasteiger partial charge in [-0.05, 0) is 0 Å². The van der Waals surface area contributed by atoms with Crippen molar-refractivity contribution >= 4 is 38.3 Å². The Morgan fingerprint density at radius 2 is 1.31 bits per heavy atom. The second-order valence-electron chi connectivity index (χ2n) is 5.73. The van der Waals surface area contributed by atoms with E-state index in [-0.39, 0.29) is 18.8 Å². The molecule has 0 amide bonds. The molecule has 0 aliphatic heterocycles. The molecule has 0 fully saturated rings. The molecule has 0 atom stereocenters. The molecular formula is C19H24O5STe. The van der Waals surface area contributed by atoms with Crippen molar-refractivity contribution in [3.05, 3.63) is 48.5 Å². The molecule has 0 aromatic heterocycles. The SMILES string of the molecule is CCCCOc1ccc([Te]c2ccc(OCCCS(=O)(=O)O)cc2)cc1. The average Bonchev–Trinajstić information content (AvgIpc) is 2.61. The molecule has 0 bridgehead atoms. The quantitative estimate of drug-likeness (QED) is 0.296. The molecule has 5 nitrogen and oxygen atoms in total. The zero-order chi connectivity index (χ0) is 18.8. The van der Waals surface area contributed by atoms with Crippen LogP contribution >= 0.6 is 0 Å². The van der Waals surface area contributed by atoms with Crippen LogP contribution in [0.2, 0.25) is 0 Å². The van der Waals surface area contributed by atoms with Crippen molar-refractivity contribution in [3.8, 4) is 11.5 Å². The average molecular weight is 492 g/mol. The topological polar surface area (TPSA) is 72.8 Å². The standard InChI is InChI=1S/C19H24O5STe/c1-2-3-13-23-16-5-9-18(10-6-16)26-19-11-7-17(8-12-19)24-14-4-15-25(20,21)22/h5-12H,2-4,13-15H2,1H3,(H,20,21,22). The fraction of sp³-hybridized carbons (Fsp3) is 0.368. The number of hydrogen-bond donors (Lipinski definition) is 1. The molecular weight excluding hydrogens is 468 g/mol. The first-order valence-corrected chi connectivity index (χ1v) is 12.5. The first-order valence-electron chi connectivity index (χ1n) is 8.55. The summed E-state index contributed by atoms with van der Waals surface area (Å²) in [4.78, 5) is 0. The zero-order valence-corrected chi connectivity index (χ0v) is 17.9. The van der Waals surface area contributed by atoms with E-state index < -0.39 is 31.0 Å². The van der Waals surface area contributed by atoms with E-state index in [9.17, 15) is 8.42 Å². The van der Waals surface area contributed by atoms with E-state index in [4.69, 9.17) is 14.0 Å². The molecule has 2 aromatic carbocycles. The Kier molecular flexibility index (Phi) is 8.73. The van der Waals surface area contributed by atoms with Gasteiger partial charge in [0.1, 0.15) is 0 Å². The van der Waals surface area contributed by atoms with Crippen LogP contribution in [0.25, 0.3) is 0 Å². The summed E-state index contributed by atoms with van der Waals surface area (Å²) in [5, 5.41) is 0. The van der Waals surface area contributed by atoms with Crippen LogP contribution in [0.4, 0.5) is 0 Å². The van der Waals surface area contributed by atoms with E-state index in [0.717, 1.165) is 25.2 Å². The predicted molar refractivity (Wildman–Crippen MR) is 105 cm³/mol. The second-order valence-corrected chi connectivity index (χ2v) is 10.6. The maximum atomic E-state index is 10.6. The first-order chi connectivity index (χ1) is 12.5.